The van der Waals surface area contributed by atoms with Crippen molar-refractivity contribution in [2.45, 2.75) is 43.7 Å². The third-order valence-corrected chi connectivity index (χ3v) is 5.65. The Bertz CT molecular complexity index is 583. The second-order valence-electron chi connectivity index (χ2n) is 5.41. The van der Waals surface area contributed by atoms with Gasteiger partial charge in [-0.25, -0.2) is 8.42 Å². The lowest BCUT2D eigenvalue weighted by Gasteiger charge is -2.19. The van der Waals surface area contributed by atoms with E-state index >= 15 is 0 Å². The third kappa shape index (κ3) is 3.75. The summed E-state index contributed by atoms with van der Waals surface area (Å²) in [6.45, 7) is 3.76. The highest BCUT2D eigenvalue weighted by Gasteiger charge is 2.36. The second-order valence-corrected chi connectivity index (χ2v) is 7.38. The molecule has 1 aromatic carbocycles. The number of sulfonamides is 1. The van der Waals surface area contributed by atoms with E-state index in [1.165, 1.54) is 11.4 Å². The van der Waals surface area contributed by atoms with Gasteiger partial charge in [0.1, 0.15) is 10.6 Å². The van der Waals surface area contributed by atoms with Crippen LogP contribution in [0, 0.1) is 0 Å². The summed E-state index contributed by atoms with van der Waals surface area (Å²) in [6, 6.07) is 5.44. The molecule has 0 unspecified atom stereocenters. The van der Waals surface area contributed by atoms with Crippen molar-refractivity contribution in [3.8, 4) is 5.75 Å². The standard InChI is InChI=1S/C15H24N2O3S/c1-4-9-16-11-12-5-8-15(14(10-12)20-3)21(18,19)17(2)13-6-7-13/h5,8,10,13,16H,4,6-7,9,11H2,1-3H3. The summed E-state index contributed by atoms with van der Waals surface area (Å²) in [5.41, 5.74) is 1.02. The van der Waals surface area contributed by atoms with E-state index in [0.717, 1.165) is 31.4 Å². The molecule has 1 aliphatic carbocycles. The van der Waals surface area contributed by atoms with Crippen LogP contribution in [0.15, 0.2) is 23.1 Å². The van der Waals surface area contributed by atoms with E-state index in [1.54, 1.807) is 19.2 Å². The van der Waals surface area contributed by atoms with E-state index in [1.807, 2.05) is 6.07 Å². The number of nitrogens with zero attached hydrogens (tertiary/aromatic N) is 1. The second kappa shape index (κ2) is 6.77. The topological polar surface area (TPSA) is 58.6 Å². The molecule has 0 saturated heterocycles. The van der Waals surface area contributed by atoms with Gasteiger partial charge in [-0.3, -0.25) is 0 Å². The molecule has 21 heavy (non-hydrogen) atoms. The van der Waals surface area contributed by atoms with E-state index in [4.69, 9.17) is 4.74 Å². The summed E-state index contributed by atoms with van der Waals surface area (Å²) in [4.78, 5) is 0.249. The normalized spacial score (nSPS) is 15.4. The van der Waals surface area contributed by atoms with E-state index in [2.05, 4.69) is 12.2 Å². The van der Waals surface area contributed by atoms with Crippen LogP contribution in [0.4, 0.5) is 0 Å². The molecule has 0 radical (unpaired) electrons. The number of ether oxygens (including phenoxy) is 1. The first kappa shape index (κ1) is 16.3. The van der Waals surface area contributed by atoms with Gasteiger partial charge in [-0.15, -0.1) is 0 Å². The zero-order chi connectivity index (χ0) is 15.5. The van der Waals surface area contributed by atoms with Crippen molar-refractivity contribution in [1.82, 2.24) is 9.62 Å². The summed E-state index contributed by atoms with van der Waals surface area (Å²) in [5, 5.41) is 3.30. The van der Waals surface area contributed by atoms with Crippen molar-refractivity contribution < 1.29 is 13.2 Å². The van der Waals surface area contributed by atoms with Gasteiger partial charge < -0.3 is 10.1 Å². The highest BCUT2D eigenvalue weighted by Crippen LogP contribution is 2.34. The Balaban J connectivity index is 2.23. The molecule has 118 valence electrons. The molecule has 1 N–H and O–H groups in total. The largest absolute Gasteiger partial charge is 0.495 e. The van der Waals surface area contributed by atoms with Crippen LogP contribution in [0.2, 0.25) is 0 Å². The molecule has 1 fully saturated rings. The maximum absolute atomic E-state index is 12.6. The Morgan fingerprint density at radius 3 is 2.67 bits per heavy atom. The Labute approximate surface area is 127 Å². The molecule has 1 aromatic rings. The quantitative estimate of drug-likeness (QED) is 0.746. The number of rotatable bonds is 8. The summed E-state index contributed by atoms with van der Waals surface area (Å²) < 4.78 is 31.9. The molecular weight excluding hydrogens is 288 g/mol. The fraction of sp³-hybridized carbons (Fsp3) is 0.600. The summed E-state index contributed by atoms with van der Waals surface area (Å²) in [6.07, 6.45) is 2.95. The van der Waals surface area contributed by atoms with Gasteiger partial charge in [0.2, 0.25) is 10.0 Å². The predicted octanol–water partition coefficient (Wildman–Crippen LogP) is 1.98. The van der Waals surface area contributed by atoms with Crippen LogP contribution in [0.25, 0.3) is 0 Å². The van der Waals surface area contributed by atoms with Crippen molar-refractivity contribution >= 4 is 10.0 Å². The number of hydrogen-bond donors (Lipinski definition) is 1. The van der Waals surface area contributed by atoms with Gasteiger partial charge in [0.05, 0.1) is 7.11 Å². The molecule has 5 nitrogen and oxygen atoms in total. The average molecular weight is 312 g/mol. The van der Waals surface area contributed by atoms with Gasteiger partial charge in [-0.1, -0.05) is 13.0 Å². The molecule has 0 aromatic heterocycles. The predicted molar refractivity (Wildman–Crippen MR) is 83.0 cm³/mol. The molecule has 0 heterocycles. The number of hydrogen-bond acceptors (Lipinski definition) is 4. The smallest absolute Gasteiger partial charge is 0.246 e. The van der Waals surface area contributed by atoms with Crippen LogP contribution in [0.5, 0.6) is 5.75 Å². The highest BCUT2D eigenvalue weighted by molar-refractivity contribution is 7.89. The lowest BCUT2D eigenvalue weighted by atomic mass is 10.2. The maximum Gasteiger partial charge on any atom is 0.246 e. The number of benzene rings is 1. The van der Waals surface area contributed by atoms with E-state index in [9.17, 15) is 8.42 Å². The zero-order valence-corrected chi connectivity index (χ0v) is 13.7. The number of methoxy groups -OCH3 is 1. The summed E-state index contributed by atoms with van der Waals surface area (Å²) in [5.74, 6) is 0.415. The van der Waals surface area contributed by atoms with Gasteiger partial charge in [0, 0.05) is 19.6 Å². The molecule has 2 rings (SSSR count). The summed E-state index contributed by atoms with van der Waals surface area (Å²) in [7, 11) is -0.322. The molecule has 0 amide bonds. The Kier molecular flexibility index (Phi) is 5.24. The first-order valence-electron chi connectivity index (χ1n) is 7.36. The fourth-order valence-corrected chi connectivity index (χ4v) is 3.78. The van der Waals surface area contributed by atoms with Crippen LogP contribution in [-0.4, -0.2) is 39.5 Å². The molecule has 0 bridgehead atoms. The van der Waals surface area contributed by atoms with Crippen LogP contribution in [0.3, 0.4) is 0 Å². The van der Waals surface area contributed by atoms with Crippen molar-refractivity contribution in [3.05, 3.63) is 23.8 Å². The maximum atomic E-state index is 12.6. The van der Waals surface area contributed by atoms with Crippen LogP contribution in [-0.2, 0) is 16.6 Å². The van der Waals surface area contributed by atoms with Crippen LogP contribution >= 0.6 is 0 Å². The monoisotopic (exact) mass is 312 g/mol. The molecule has 0 atom stereocenters. The van der Waals surface area contributed by atoms with Gasteiger partial charge in [0.25, 0.3) is 0 Å². The summed E-state index contributed by atoms with van der Waals surface area (Å²) >= 11 is 0. The van der Waals surface area contributed by atoms with Crippen LogP contribution in [0.1, 0.15) is 31.7 Å². The number of nitrogens with one attached hydrogen (secondary N) is 1. The fourth-order valence-electron chi connectivity index (χ4n) is 2.23. The van der Waals surface area contributed by atoms with Crippen molar-refractivity contribution in [3.63, 3.8) is 0 Å². The van der Waals surface area contributed by atoms with Gasteiger partial charge in [0.15, 0.2) is 0 Å². The van der Waals surface area contributed by atoms with Crippen LogP contribution < -0.4 is 10.1 Å². The highest BCUT2D eigenvalue weighted by atomic mass is 32.2. The zero-order valence-electron chi connectivity index (χ0n) is 12.9. The van der Waals surface area contributed by atoms with E-state index in [0.29, 0.717) is 12.3 Å². The first-order chi connectivity index (χ1) is 10.0. The Hall–Kier alpha value is -1.11. The molecule has 1 saturated carbocycles. The molecule has 0 aliphatic heterocycles. The minimum Gasteiger partial charge on any atom is -0.495 e. The molecule has 6 heteroatoms. The van der Waals surface area contributed by atoms with Crippen molar-refractivity contribution in [2.75, 3.05) is 20.7 Å². The molecular formula is C15H24N2O3S. The molecule has 0 spiro atoms. The Morgan fingerprint density at radius 2 is 2.10 bits per heavy atom. The average Bonchev–Trinajstić information content (AvgIpc) is 3.31. The van der Waals surface area contributed by atoms with E-state index < -0.39 is 10.0 Å². The minimum atomic E-state index is -3.47. The first-order valence-corrected chi connectivity index (χ1v) is 8.80. The van der Waals surface area contributed by atoms with E-state index in [-0.39, 0.29) is 10.9 Å². The SMILES string of the molecule is CCCNCc1ccc(S(=O)(=O)N(C)C2CC2)c(OC)c1. The Morgan fingerprint density at radius 1 is 1.38 bits per heavy atom. The van der Waals surface area contributed by atoms with Gasteiger partial charge in [-0.05, 0) is 43.5 Å². The van der Waals surface area contributed by atoms with Crippen molar-refractivity contribution in [1.29, 1.82) is 0 Å². The van der Waals surface area contributed by atoms with Gasteiger partial charge >= 0.3 is 0 Å². The third-order valence-electron chi connectivity index (χ3n) is 3.70. The lowest BCUT2D eigenvalue weighted by Crippen LogP contribution is -2.29. The lowest BCUT2D eigenvalue weighted by molar-refractivity contribution is 0.396. The minimum absolute atomic E-state index is 0.144. The van der Waals surface area contributed by atoms with Gasteiger partial charge in [-0.2, -0.15) is 4.31 Å². The van der Waals surface area contributed by atoms with Crippen molar-refractivity contribution in [2.24, 2.45) is 0 Å². The molecule has 1 aliphatic rings.